The number of rotatable bonds is 7. The van der Waals surface area contributed by atoms with E-state index in [0.29, 0.717) is 11.6 Å². The van der Waals surface area contributed by atoms with Crippen LogP contribution < -0.4 is 5.32 Å². The number of hydrogen-bond acceptors (Lipinski definition) is 8. The van der Waals surface area contributed by atoms with E-state index >= 15 is 0 Å². The average molecular weight is 414 g/mol. The molecule has 1 aromatic heterocycles. The summed E-state index contributed by atoms with van der Waals surface area (Å²) < 4.78 is 23.3. The van der Waals surface area contributed by atoms with Gasteiger partial charge in [-0.25, -0.2) is 13.4 Å². The molecule has 3 heterocycles. The molecule has 27 heavy (non-hydrogen) atoms. The van der Waals surface area contributed by atoms with Gasteiger partial charge >= 0.3 is 0 Å². The summed E-state index contributed by atoms with van der Waals surface area (Å²) in [6.07, 6.45) is 4.83. The Morgan fingerprint density at radius 1 is 1.30 bits per heavy atom. The van der Waals surface area contributed by atoms with Crippen molar-refractivity contribution in [3.63, 3.8) is 0 Å². The third kappa shape index (κ3) is 5.10. The molecule has 3 rings (SSSR count). The van der Waals surface area contributed by atoms with Crippen LogP contribution in [0.2, 0.25) is 0 Å². The Hall–Kier alpha value is -1.88. The van der Waals surface area contributed by atoms with Gasteiger partial charge in [0.2, 0.25) is 11.0 Å². The van der Waals surface area contributed by atoms with Crippen molar-refractivity contribution in [1.82, 2.24) is 15.2 Å². The van der Waals surface area contributed by atoms with Gasteiger partial charge in [-0.05, 0) is 12.8 Å². The van der Waals surface area contributed by atoms with E-state index < -0.39 is 21.8 Å². The van der Waals surface area contributed by atoms with Crippen LogP contribution in [0.25, 0.3) is 0 Å². The summed E-state index contributed by atoms with van der Waals surface area (Å²) in [7, 11) is -3.14. The third-order valence-electron chi connectivity index (χ3n) is 4.56. The van der Waals surface area contributed by atoms with Crippen molar-refractivity contribution in [3.8, 4) is 0 Å². The molecule has 0 spiro atoms. The molecule has 1 aromatic rings. The average Bonchev–Trinajstić information content (AvgIpc) is 3.21. The second kappa shape index (κ2) is 8.42. The predicted molar refractivity (Wildman–Crippen MR) is 102 cm³/mol. The molecular formula is C16H23N5O4S2. The normalized spacial score (nSPS) is 22.0. The highest BCUT2D eigenvalue weighted by atomic mass is 32.2. The minimum absolute atomic E-state index is 0.0457. The lowest BCUT2D eigenvalue weighted by atomic mass is 10.1. The molecule has 0 saturated carbocycles. The lowest BCUT2D eigenvalue weighted by Gasteiger charge is -2.27. The van der Waals surface area contributed by atoms with Crippen LogP contribution in [-0.4, -0.2) is 58.7 Å². The quantitative estimate of drug-likeness (QED) is 0.674. The Morgan fingerprint density at radius 3 is 2.81 bits per heavy atom. The smallest absolute Gasteiger partial charge is 0.273 e. The number of nitrogens with zero attached hydrogens (tertiary/aromatic N) is 4. The number of carbonyl (C=O) groups excluding carboxylic acids is 2. The Labute approximate surface area is 162 Å². The van der Waals surface area contributed by atoms with E-state index in [9.17, 15) is 18.0 Å². The van der Waals surface area contributed by atoms with Crippen molar-refractivity contribution in [1.29, 1.82) is 0 Å². The molecule has 2 aliphatic rings. The molecule has 1 saturated heterocycles. The number of aryl methyl sites for hydroxylation is 1. The first-order chi connectivity index (χ1) is 12.9. The standard InChI is InChI=1S/C16H23N5O4S2/c1-2-3-4-5-13-18-19-16(26-13)17-15(23)12-6-7-14(22)21(20-12)11-8-9-27(24,25)10-11/h11H,2-10H2,1H3,(H,17,19,23)/t11-/m1/s1. The van der Waals surface area contributed by atoms with Crippen LogP contribution in [0.3, 0.4) is 0 Å². The molecule has 2 amide bonds. The van der Waals surface area contributed by atoms with E-state index in [4.69, 9.17) is 0 Å². The zero-order valence-electron chi connectivity index (χ0n) is 15.2. The van der Waals surface area contributed by atoms with Gasteiger partial charge in [-0.2, -0.15) is 5.10 Å². The molecule has 0 radical (unpaired) electrons. The molecule has 11 heteroatoms. The van der Waals surface area contributed by atoms with E-state index in [1.165, 1.54) is 16.3 Å². The topological polar surface area (TPSA) is 122 Å². The number of hydrazone groups is 1. The van der Waals surface area contributed by atoms with Crippen LogP contribution in [-0.2, 0) is 25.8 Å². The van der Waals surface area contributed by atoms with Gasteiger partial charge in [-0.1, -0.05) is 31.1 Å². The molecule has 1 atom stereocenters. The maximum absolute atomic E-state index is 12.5. The van der Waals surface area contributed by atoms with Gasteiger partial charge in [0, 0.05) is 19.3 Å². The van der Waals surface area contributed by atoms with Crippen molar-refractivity contribution in [2.45, 2.75) is 57.9 Å². The predicted octanol–water partition coefficient (Wildman–Crippen LogP) is 1.37. The molecule has 9 nitrogen and oxygen atoms in total. The van der Waals surface area contributed by atoms with E-state index in [-0.39, 0.29) is 36.0 Å². The summed E-state index contributed by atoms with van der Waals surface area (Å²) in [6, 6.07) is -0.489. The van der Waals surface area contributed by atoms with Crippen LogP contribution in [0.1, 0.15) is 50.5 Å². The van der Waals surface area contributed by atoms with Crippen molar-refractivity contribution in [2.24, 2.45) is 5.10 Å². The minimum atomic E-state index is -3.14. The molecule has 0 unspecified atom stereocenters. The summed E-state index contributed by atoms with van der Waals surface area (Å²) in [6.45, 7) is 2.13. The van der Waals surface area contributed by atoms with Crippen molar-refractivity contribution in [3.05, 3.63) is 5.01 Å². The first kappa shape index (κ1) is 19.9. The first-order valence-electron chi connectivity index (χ1n) is 9.11. The lowest BCUT2D eigenvalue weighted by molar-refractivity contribution is -0.133. The second-order valence-corrected chi connectivity index (χ2v) is 10.0. The fraction of sp³-hybridized carbons (Fsp3) is 0.688. The Morgan fingerprint density at radius 2 is 2.11 bits per heavy atom. The van der Waals surface area contributed by atoms with E-state index in [1.807, 2.05) is 0 Å². The maximum atomic E-state index is 12.5. The number of sulfone groups is 1. The van der Waals surface area contributed by atoms with Gasteiger partial charge in [0.05, 0.1) is 17.5 Å². The molecule has 0 aromatic carbocycles. The summed E-state index contributed by atoms with van der Waals surface area (Å²) in [5.74, 6) is -0.731. The fourth-order valence-electron chi connectivity index (χ4n) is 3.09. The number of hydrogen-bond donors (Lipinski definition) is 1. The monoisotopic (exact) mass is 413 g/mol. The van der Waals surface area contributed by atoms with Gasteiger partial charge in [-0.3, -0.25) is 14.9 Å². The van der Waals surface area contributed by atoms with E-state index in [0.717, 1.165) is 30.7 Å². The highest BCUT2D eigenvalue weighted by Crippen LogP contribution is 2.23. The summed E-state index contributed by atoms with van der Waals surface area (Å²) in [5, 5.41) is 17.4. The Balaban J connectivity index is 1.64. The van der Waals surface area contributed by atoms with E-state index in [2.05, 4.69) is 27.5 Å². The van der Waals surface area contributed by atoms with Crippen LogP contribution >= 0.6 is 11.3 Å². The van der Waals surface area contributed by atoms with Gasteiger partial charge in [0.25, 0.3) is 5.91 Å². The molecular weight excluding hydrogens is 390 g/mol. The highest BCUT2D eigenvalue weighted by molar-refractivity contribution is 7.91. The van der Waals surface area contributed by atoms with Gasteiger partial charge < -0.3 is 0 Å². The lowest BCUT2D eigenvalue weighted by Crippen LogP contribution is -2.42. The summed E-state index contributed by atoms with van der Waals surface area (Å²) >= 11 is 1.33. The first-order valence-corrected chi connectivity index (χ1v) is 11.8. The Bertz CT molecular complexity index is 849. The van der Waals surface area contributed by atoms with Crippen LogP contribution in [0.5, 0.6) is 0 Å². The van der Waals surface area contributed by atoms with Gasteiger partial charge in [0.15, 0.2) is 9.84 Å². The number of unbranched alkanes of at least 4 members (excludes halogenated alkanes) is 2. The second-order valence-electron chi connectivity index (χ2n) is 6.75. The fourth-order valence-corrected chi connectivity index (χ4v) is 5.56. The number of amides is 2. The van der Waals surface area contributed by atoms with Crippen LogP contribution in [0.4, 0.5) is 5.13 Å². The third-order valence-corrected chi connectivity index (χ3v) is 7.21. The van der Waals surface area contributed by atoms with E-state index in [1.54, 1.807) is 0 Å². The highest BCUT2D eigenvalue weighted by Gasteiger charge is 2.37. The summed E-state index contributed by atoms with van der Waals surface area (Å²) in [4.78, 5) is 24.6. The van der Waals surface area contributed by atoms with Crippen molar-refractivity contribution in [2.75, 3.05) is 16.8 Å². The van der Waals surface area contributed by atoms with Gasteiger partial charge in [0.1, 0.15) is 10.7 Å². The largest absolute Gasteiger partial charge is 0.295 e. The zero-order chi connectivity index (χ0) is 19.4. The van der Waals surface area contributed by atoms with Gasteiger partial charge in [-0.15, -0.1) is 10.2 Å². The zero-order valence-corrected chi connectivity index (χ0v) is 16.8. The number of aromatic nitrogens is 2. The van der Waals surface area contributed by atoms with Crippen LogP contribution in [0, 0.1) is 0 Å². The number of anilines is 1. The molecule has 0 bridgehead atoms. The molecule has 2 aliphatic heterocycles. The SMILES string of the molecule is CCCCCc1nnc(NC(=O)C2=NN([C@@H]3CCS(=O)(=O)C3)C(=O)CC2)s1. The van der Waals surface area contributed by atoms with Crippen molar-refractivity contribution < 1.29 is 18.0 Å². The van der Waals surface area contributed by atoms with Crippen LogP contribution in [0.15, 0.2) is 5.10 Å². The number of nitrogens with one attached hydrogen (secondary N) is 1. The maximum Gasteiger partial charge on any atom is 0.273 e. The molecule has 1 N–H and O–H groups in total. The molecule has 148 valence electrons. The Kier molecular flexibility index (Phi) is 6.20. The number of carbonyl (C=O) groups is 2. The molecule has 0 aliphatic carbocycles. The summed E-state index contributed by atoms with van der Waals surface area (Å²) in [5.41, 5.74) is 0.210. The van der Waals surface area contributed by atoms with Crippen molar-refractivity contribution >= 4 is 43.8 Å². The molecule has 1 fully saturated rings. The minimum Gasteiger partial charge on any atom is -0.295 e.